The number of nitrogens with zero attached hydrogens (tertiary/aromatic N) is 1. The van der Waals surface area contributed by atoms with Gasteiger partial charge in [0.15, 0.2) is 0 Å². The lowest BCUT2D eigenvalue weighted by atomic mass is 9.82. The molecule has 0 radical (unpaired) electrons. The highest BCUT2D eigenvalue weighted by molar-refractivity contribution is 4.78. The van der Waals surface area contributed by atoms with Gasteiger partial charge in [0.25, 0.3) is 0 Å². The van der Waals surface area contributed by atoms with Crippen LogP contribution in [0.5, 0.6) is 0 Å². The summed E-state index contributed by atoms with van der Waals surface area (Å²) in [5, 5.41) is 3.59. The average Bonchev–Trinajstić information content (AvgIpc) is 2.49. The molecule has 1 aliphatic rings. The van der Waals surface area contributed by atoms with E-state index in [9.17, 15) is 0 Å². The van der Waals surface area contributed by atoms with Gasteiger partial charge in [-0.25, -0.2) is 0 Å². The molecule has 0 aromatic carbocycles. The summed E-state index contributed by atoms with van der Waals surface area (Å²) >= 11 is 0. The molecule has 1 N–H and O–H groups in total. The molecule has 1 saturated heterocycles. The number of rotatable bonds is 10. The molecule has 2 atom stereocenters. The predicted molar refractivity (Wildman–Crippen MR) is 96.4 cm³/mol. The topological polar surface area (TPSA) is 24.5 Å². The highest BCUT2D eigenvalue weighted by Gasteiger charge is 2.24. The fraction of sp³-hybridized carbons (Fsp3) is 1.00. The van der Waals surface area contributed by atoms with Crippen LogP contribution in [0.25, 0.3) is 0 Å². The third-order valence-corrected chi connectivity index (χ3v) is 5.21. The fourth-order valence-corrected chi connectivity index (χ4v) is 3.46. The van der Waals surface area contributed by atoms with E-state index in [-0.39, 0.29) is 0 Å². The Bertz CT molecular complexity index is 273. The number of nitrogens with one attached hydrogen (secondary N) is 1. The molecule has 3 heteroatoms. The number of ether oxygens (including phenoxy) is 1. The Hall–Kier alpha value is -0.120. The zero-order valence-electron chi connectivity index (χ0n) is 15.9. The second-order valence-corrected chi connectivity index (χ2v) is 7.80. The van der Waals surface area contributed by atoms with Crippen molar-refractivity contribution in [2.75, 3.05) is 26.2 Å². The molecule has 2 unspecified atom stereocenters. The second-order valence-electron chi connectivity index (χ2n) is 7.80. The van der Waals surface area contributed by atoms with Crippen LogP contribution in [-0.2, 0) is 4.74 Å². The number of piperidine rings is 1. The van der Waals surface area contributed by atoms with Crippen LogP contribution in [0.4, 0.5) is 0 Å². The molecule has 3 nitrogen and oxygen atoms in total. The SMILES string of the molecule is CC(CCC(C)C1CCN(C(C)C)CC1)NCCOC(C)C. The predicted octanol–water partition coefficient (Wildman–Crippen LogP) is 3.93. The summed E-state index contributed by atoms with van der Waals surface area (Å²) in [7, 11) is 0. The monoisotopic (exact) mass is 312 g/mol. The summed E-state index contributed by atoms with van der Waals surface area (Å²) < 4.78 is 5.58. The molecule has 22 heavy (non-hydrogen) atoms. The molecule has 0 aliphatic carbocycles. The van der Waals surface area contributed by atoms with Crippen molar-refractivity contribution in [2.24, 2.45) is 11.8 Å². The summed E-state index contributed by atoms with van der Waals surface area (Å²) in [5.41, 5.74) is 0. The van der Waals surface area contributed by atoms with Gasteiger partial charge in [0, 0.05) is 18.6 Å². The van der Waals surface area contributed by atoms with E-state index in [4.69, 9.17) is 4.74 Å². The highest BCUT2D eigenvalue weighted by Crippen LogP contribution is 2.28. The van der Waals surface area contributed by atoms with Gasteiger partial charge in [0.2, 0.25) is 0 Å². The van der Waals surface area contributed by atoms with Gasteiger partial charge in [0.1, 0.15) is 0 Å². The second kappa shape index (κ2) is 10.6. The molecule has 1 heterocycles. The molecule has 0 bridgehead atoms. The van der Waals surface area contributed by atoms with E-state index in [2.05, 4.69) is 51.8 Å². The molecule has 0 spiro atoms. The van der Waals surface area contributed by atoms with Crippen LogP contribution < -0.4 is 5.32 Å². The molecule has 0 saturated carbocycles. The van der Waals surface area contributed by atoms with Crippen LogP contribution >= 0.6 is 0 Å². The van der Waals surface area contributed by atoms with Crippen molar-refractivity contribution in [3.63, 3.8) is 0 Å². The van der Waals surface area contributed by atoms with E-state index in [0.717, 1.165) is 25.0 Å². The Morgan fingerprint density at radius 1 is 1.00 bits per heavy atom. The highest BCUT2D eigenvalue weighted by atomic mass is 16.5. The summed E-state index contributed by atoms with van der Waals surface area (Å²) in [4.78, 5) is 2.63. The van der Waals surface area contributed by atoms with Crippen LogP contribution in [0.3, 0.4) is 0 Å². The minimum absolute atomic E-state index is 0.342. The molecule has 0 amide bonds. The molecule has 1 fully saturated rings. The van der Waals surface area contributed by atoms with Crippen molar-refractivity contribution in [1.29, 1.82) is 0 Å². The Kier molecular flexibility index (Phi) is 9.62. The van der Waals surface area contributed by atoms with Crippen LogP contribution in [0.1, 0.15) is 67.2 Å². The molecular formula is C19H40N2O. The third kappa shape index (κ3) is 7.94. The summed E-state index contributed by atoms with van der Waals surface area (Å²) in [5.74, 6) is 1.80. The van der Waals surface area contributed by atoms with Gasteiger partial charge < -0.3 is 15.0 Å². The van der Waals surface area contributed by atoms with Gasteiger partial charge in [-0.1, -0.05) is 6.92 Å². The van der Waals surface area contributed by atoms with Crippen LogP contribution in [-0.4, -0.2) is 49.3 Å². The lowest BCUT2D eigenvalue weighted by Crippen LogP contribution is -2.40. The maximum atomic E-state index is 5.58. The van der Waals surface area contributed by atoms with Gasteiger partial charge in [-0.3, -0.25) is 0 Å². The summed E-state index contributed by atoms with van der Waals surface area (Å²) in [6.45, 7) is 18.0. The fourth-order valence-electron chi connectivity index (χ4n) is 3.46. The van der Waals surface area contributed by atoms with E-state index < -0.39 is 0 Å². The first-order valence-corrected chi connectivity index (χ1v) is 9.49. The Morgan fingerprint density at radius 2 is 1.64 bits per heavy atom. The van der Waals surface area contributed by atoms with Gasteiger partial charge >= 0.3 is 0 Å². The maximum Gasteiger partial charge on any atom is 0.0594 e. The zero-order valence-corrected chi connectivity index (χ0v) is 15.9. The molecule has 0 aromatic rings. The smallest absolute Gasteiger partial charge is 0.0594 e. The average molecular weight is 313 g/mol. The van der Waals surface area contributed by atoms with Crippen LogP contribution in [0, 0.1) is 11.8 Å². The summed E-state index contributed by atoms with van der Waals surface area (Å²) in [6, 6.07) is 1.32. The lowest BCUT2D eigenvalue weighted by molar-refractivity contribution is 0.0791. The Morgan fingerprint density at radius 3 is 2.18 bits per heavy atom. The lowest BCUT2D eigenvalue weighted by Gasteiger charge is -2.37. The standard InChI is InChI=1S/C19H40N2O/c1-15(2)21-12-9-19(10-13-21)17(5)7-8-18(6)20-11-14-22-16(3)4/h15-20H,7-14H2,1-6H3. The Labute approximate surface area is 139 Å². The number of likely N-dealkylation sites (tertiary alicyclic amines) is 1. The minimum Gasteiger partial charge on any atom is -0.377 e. The van der Waals surface area contributed by atoms with Crippen molar-refractivity contribution < 1.29 is 4.74 Å². The molecule has 1 aliphatic heterocycles. The Balaban J connectivity index is 2.11. The quantitative estimate of drug-likeness (QED) is 0.619. The van der Waals surface area contributed by atoms with Crippen molar-refractivity contribution in [2.45, 2.75) is 85.4 Å². The van der Waals surface area contributed by atoms with E-state index in [0.29, 0.717) is 18.2 Å². The van der Waals surface area contributed by atoms with Gasteiger partial charge in [0.05, 0.1) is 12.7 Å². The zero-order chi connectivity index (χ0) is 16.5. The third-order valence-electron chi connectivity index (χ3n) is 5.21. The molecule has 0 aromatic heterocycles. The normalized spacial score (nSPS) is 20.7. The molecule has 1 rings (SSSR count). The van der Waals surface area contributed by atoms with Gasteiger partial charge in [-0.05, 0) is 85.2 Å². The largest absolute Gasteiger partial charge is 0.377 e. The van der Waals surface area contributed by atoms with Crippen molar-refractivity contribution in [1.82, 2.24) is 10.2 Å². The van der Waals surface area contributed by atoms with Crippen molar-refractivity contribution >= 4 is 0 Å². The number of hydrogen-bond donors (Lipinski definition) is 1. The van der Waals surface area contributed by atoms with Crippen LogP contribution in [0.2, 0.25) is 0 Å². The number of hydrogen-bond acceptors (Lipinski definition) is 3. The van der Waals surface area contributed by atoms with Gasteiger partial charge in [-0.2, -0.15) is 0 Å². The summed E-state index contributed by atoms with van der Waals surface area (Å²) in [6.07, 6.45) is 5.76. The molecular weight excluding hydrogens is 272 g/mol. The first-order chi connectivity index (χ1) is 10.4. The maximum absolute atomic E-state index is 5.58. The van der Waals surface area contributed by atoms with Crippen molar-refractivity contribution in [3.05, 3.63) is 0 Å². The van der Waals surface area contributed by atoms with E-state index in [1.54, 1.807) is 0 Å². The minimum atomic E-state index is 0.342. The first kappa shape index (κ1) is 19.9. The molecule has 132 valence electrons. The van der Waals surface area contributed by atoms with Gasteiger partial charge in [-0.15, -0.1) is 0 Å². The van der Waals surface area contributed by atoms with Crippen LogP contribution in [0.15, 0.2) is 0 Å². The van der Waals surface area contributed by atoms with E-state index in [1.165, 1.54) is 38.8 Å². The van der Waals surface area contributed by atoms with E-state index >= 15 is 0 Å². The first-order valence-electron chi connectivity index (χ1n) is 9.49. The van der Waals surface area contributed by atoms with Crippen molar-refractivity contribution in [3.8, 4) is 0 Å². The van der Waals surface area contributed by atoms with E-state index in [1.807, 2.05) is 0 Å².